The fraction of sp³-hybridized carbons (Fsp3) is 0.125. The van der Waals surface area contributed by atoms with Gasteiger partial charge in [0.2, 0.25) is 0 Å². The highest BCUT2D eigenvalue weighted by Gasteiger charge is 2.17. The van der Waals surface area contributed by atoms with Crippen LogP contribution in [0, 0.1) is 6.92 Å². The summed E-state index contributed by atoms with van der Waals surface area (Å²) in [7, 11) is 0. The Balaban J connectivity index is 1.96. The fourth-order valence-corrected chi connectivity index (χ4v) is 2.25. The number of carboxylic acid groups (broad SMARTS) is 1. The maximum Gasteiger partial charge on any atom is 0.356 e. The second kappa shape index (κ2) is 5.40. The SMILES string of the molecule is Cc1cccc(OCc2nc(C(=O)O)c3ccc(O)cn23)c1. The van der Waals surface area contributed by atoms with Crippen molar-refractivity contribution in [3.63, 3.8) is 0 Å². The van der Waals surface area contributed by atoms with Crippen LogP contribution in [0.2, 0.25) is 0 Å². The van der Waals surface area contributed by atoms with Crippen LogP contribution in [0.4, 0.5) is 0 Å². The lowest BCUT2D eigenvalue weighted by Crippen LogP contribution is -2.01. The number of pyridine rings is 1. The minimum absolute atomic E-state index is 0.0265. The van der Waals surface area contributed by atoms with Crippen molar-refractivity contribution in [2.75, 3.05) is 0 Å². The summed E-state index contributed by atoms with van der Waals surface area (Å²) in [4.78, 5) is 15.3. The molecule has 0 aliphatic heterocycles. The molecule has 2 N–H and O–H groups in total. The second-order valence-electron chi connectivity index (χ2n) is 4.93. The van der Waals surface area contributed by atoms with Gasteiger partial charge in [-0.15, -0.1) is 0 Å². The molecule has 0 unspecified atom stereocenters. The number of aryl methyl sites for hydroxylation is 1. The number of imidazole rings is 1. The van der Waals surface area contributed by atoms with Crippen LogP contribution in [0.3, 0.4) is 0 Å². The van der Waals surface area contributed by atoms with Crippen molar-refractivity contribution in [2.45, 2.75) is 13.5 Å². The molecule has 6 nitrogen and oxygen atoms in total. The summed E-state index contributed by atoms with van der Waals surface area (Å²) in [5.74, 6) is -0.0118. The quantitative estimate of drug-likeness (QED) is 0.773. The summed E-state index contributed by atoms with van der Waals surface area (Å²) < 4.78 is 7.18. The molecule has 0 saturated heterocycles. The molecule has 3 aromatic rings. The zero-order chi connectivity index (χ0) is 15.7. The first-order valence-electron chi connectivity index (χ1n) is 6.67. The molecule has 0 saturated carbocycles. The predicted octanol–water partition coefficient (Wildman–Crippen LogP) is 2.63. The number of nitrogens with zero attached hydrogens (tertiary/aromatic N) is 2. The molecule has 112 valence electrons. The molecule has 3 rings (SSSR count). The van der Waals surface area contributed by atoms with Crippen molar-refractivity contribution in [3.05, 3.63) is 59.7 Å². The topological polar surface area (TPSA) is 84.1 Å². The Bertz CT molecular complexity index is 854. The Morgan fingerprint density at radius 1 is 1.32 bits per heavy atom. The van der Waals surface area contributed by atoms with Crippen LogP contribution in [0.1, 0.15) is 21.9 Å². The third-order valence-corrected chi connectivity index (χ3v) is 3.25. The van der Waals surface area contributed by atoms with Gasteiger partial charge in [0.15, 0.2) is 11.5 Å². The van der Waals surface area contributed by atoms with Gasteiger partial charge in [-0.3, -0.25) is 4.40 Å². The lowest BCUT2D eigenvalue weighted by atomic mass is 10.2. The lowest BCUT2D eigenvalue weighted by molar-refractivity contribution is 0.0693. The van der Waals surface area contributed by atoms with Crippen molar-refractivity contribution in [1.82, 2.24) is 9.38 Å². The number of carbonyl (C=O) groups is 1. The Morgan fingerprint density at radius 2 is 2.14 bits per heavy atom. The van der Waals surface area contributed by atoms with E-state index < -0.39 is 5.97 Å². The van der Waals surface area contributed by atoms with E-state index in [2.05, 4.69) is 4.98 Å². The maximum absolute atomic E-state index is 11.3. The molecular weight excluding hydrogens is 284 g/mol. The van der Waals surface area contributed by atoms with Crippen molar-refractivity contribution in [3.8, 4) is 11.5 Å². The Hall–Kier alpha value is -3.02. The van der Waals surface area contributed by atoms with Crippen LogP contribution in [0.15, 0.2) is 42.6 Å². The highest BCUT2D eigenvalue weighted by molar-refractivity contribution is 5.93. The van der Waals surface area contributed by atoms with Crippen LogP contribution in [0.5, 0.6) is 11.5 Å². The average molecular weight is 298 g/mol. The van der Waals surface area contributed by atoms with Gasteiger partial charge in [-0.25, -0.2) is 9.78 Å². The van der Waals surface area contributed by atoms with Crippen molar-refractivity contribution >= 4 is 11.5 Å². The molecule has 0 radical (unpaired) electrons. The number of carboxylic acids is 1. The lowest BCUT2D eigenvalue weighted by Gasteiger charge is -2.06. The van der Waals surface area contributed by atoms with Gasteiger partial charge in [-0.1, -0.05) is 12.1 Å². The molecule has 2 heterocycles. The zero-order valence-corrected chi connectivity index (χ0v) is 11.9. The van der Waals surface area contributed by atoms with Crippen LogP contribution in [-0.2, 0) is 6.61 Å². The number of aromatic hydroxyl groups is 1. The van der Waals surface area contributed by atoms with E-state index in [1.54, 1.807) is 0 Å². The maximum atomic E-state index is 11.3. The summed E-state index contributed by atoms with van der Waals surface area (Å²) in [5, 5.41) is 18.8. The molecule has 0 bridgehead atoms. The van der Waals surface area contributed by atoms with E-state index >= 15 is 0 Å². The van der Waals surface area contributed by atoms with E-state index in [0.717, 1.165) is 5.56 Å². The zero-order valence-electron chi connectivity index (χ0n) is 11.9. The molecule has 0 spiro atoms. The molecule has 0 aliphatic rings. The molecule has 6 heteroatoms. The number of hydrogen-bond acceptors (Lipinski definition) is 4. The highest BCUT2D eigenvalue weighted by Crippen LogP contribution is 2.20. The molecular formula is C16H14N2O4. The number of ether oxygens (including phenoxy) is 1. The van der Waals surface area contributed by atoms with Gasteiger partial charge < -0.3 is 14.9 Å². The van der Waals surface area contributed by atoms with E-state index in [-0.39, 0.29) is 18.1 Å². The van der Waals surface area contributed by atoms with E-state index in [0.29, 0.717) is 17.1 Å². The Morgan fingerprint density at radius 3 is 2.86 bits per heavy atom. The van der Waals surface area contributed by atoms with Crippen molar-refractivity contribution in [1.29, 1.82) is 0 Å². The van der Waals surface area contributed by atoms with Crippen LogP contribution in [-0.4, -0.2) is 25.6 Å². The molecule has 0 aliphatic carbocycles. The predicted molar refractivity (Wildman–Crippen MR) is 79.3 cm³/mol. The molecule has 0 atom stereocenters. The third kappa shape index (κ3) is 2.58. The molecule has 22 heavy (non-hydrogen) atoms. The summed E-state index contributed by atoms with van der Waals surface area (Å²) in [5.41, 5.74) is 1.41. The largest absolute Gasteiger partial charge is 0.506 e. The summed E-state index contributed by atoms with van der Waals surface area (Å²) in [6, 6.07) is 10.5. The summed E-state index contributed by atoms with van der Waals surface area (Å²) in [6.07, 6.45) is 1.42. The summed E-state index contributed by atoms with van der Waals surface area (Å²) in [6.45, 7) is 2.06. The van der Waals surface area contributed by atoms with Crippen molar-refractivity contribution < 1.29 is 19.7 Å². The van der Waals surface area contributed by atoms with Gasteiger partial charge in [0.1, 0.15) is 18.1 Å². The van der Waals surface area contributed by atoms with E-state index in [4.69, 9.17) is 4.74 Å². The molecule has 0 fully saturated rings. The minimum Gasteiger partial charge on any atom is -0.506 e. The Kier molecular flexibility index (Phi) is 3.42. The molecule has 0 amide bonds. The van der Waals surface area contributed by atoms with E-state index in [1.807, 2.05) is 31.2 Å². The van der Waals surface area contributed by atoms with E-state index in [9.17, 15) is 15.0 Å². The van der Waals surface area contributed by atoms with Gasteiger partial charge >= 0.3 is 5.97 Å². The second-order valence-corrected chi connectivity index (χ2v) is 4.93. The standard InChI is InChI=1S/C16H14N2O4/c1-10-3-2-4-12(7-10)22-9-14-17-15(16(20)21)13-6-5-11(19)8-18(13)14/h2-8,19H,9H2,1H3,(H,20,21). The first-order valence-corrected chi connectivity index (χ1v) is 6.67. The molecule has 1 aromatic carbocycles. The number of aromatic carboxylic acids is 1. The van der Waals surface area contributed by atoms with E-state index in [1.165, 1.54) is 22.7 Å². The minimum atomic E-state index is -1.12. The van der Waals surface area contributed by atoms with Gasteiger partial charge in [0, 0.05) is 0 Å². The third-order valence-electron chi connectivity index (χ3n) is 3.25. The van der Waals surface area contributed by atoms with Gasteiger partial charge in [-0.05, 0) is 36.8 Å². The van der Waals surface area contributed by atoms with Gasteiger partial charge in [0.25, 0.3) is 0 Å². The monoisotopic (exact) mass is 298 g/mol. The summed E-state index contributed by atoms with van der Waals surface area (Å²) >= 11 is 0. The smallest absolute Gasteiger partial charge is 0.356 e. The first-order chi connectivity index (χ1) is 10.5. The Labute approximate surface area is 126 Å². The van der Waals surface area contributed by atoms with Crippen LogP contribution < -0.4 is 4.74 Å². The van der Waals surface area contributed by atoms with Crippen LogP contribution >= 0.6 is 0 Å². The van der Waals surface area contributed by atoms with Crippen LogP contribution in [0.25, 0.3) is 5.52 Å². The van der Waals surface area contributed by atoms with Crippen molar-refractivity contribution in [2.24, 2.45) is 0 Å². The normalized spacial score (nSPS) is 10.8. The fourth-order valence-electron chi connectivity index (χ4n) is 2.25. The number of aromatic nitrogens is 2. The average Bonchev–Trinajstić information content (AvgIpc) is 2.83. The van der Waals surface area contributed by atoms with Gasteiger partial charge in [0.05, 0.1) is 11.7 Å². The number of hydrogen-bond donors (Lipinski definition) is 2. The number of rotatable bonds is 4. The first kappa shape index (κ1) is 13.9. The highest BCUT2D eigenvalue weighted by atomic mass is 16.5. The number of fused-ring (bicyclic) bond motifs is 1. The molecule has 2 aromatic heterocycles. The van der Waals surface area contributed by atoms with Gasteiger partial charge in [-0.2, -0.15) is 0 Å². The number of benzene rings is 1.